The molecule has 1 aromatic carbocycles. The first kappa shape index (κ1) is 22.7. The standard InChI is InChI=1S/C21H31N3O5S/c1-16(15-29-2)24-14-17(13-20(24)25)21(26)22-18-7-9-19(10-8-18)30(27,28)23-11-5-3-4-6-12-23/h7-10,16-17H,3-6,11-15H2,1-2H3,(H,22,26)/t16-,17+/m0/s1. The molecule has 2 aliphatic heterocycles. The summed E-state index contributed by atoms with van der Waals surface area (Å²) >= 11 is 0. The molecule has 0 aromatic heterocycles. The monoisotopic (exact) mass is 437 g/mol. The van der Waals surface area contributed by atoms with Gasteiger partial charge in [-0.15, -0.1) is 0 Å². The minimum atomic E-state index is -3.52. The number of rotatable bonds is 7. The van der Waals surface area contributed by atoms with Crippen molar-refractivity contribution in [3.05, 3.63) is 24.3 Å². The molecule has 2 fully saturated rings. The fourth-order valence-electron chi connectivity index (χ4n) is 4.05. The highest BCUT2D eigenvalue weighted by Gasteiger charge is 2.36. The topological polar surface area (TPSA) is 96.0 Å². The van der Waals surface area contributed by atoms with E-state index in [9.17, 15) is 18.0 Å². The number of hydrogen-bond donors (Lipinski definition) is 1. The highest BCUT2D eigenvalue weighted by atomic mass is 32.2. The van der Waals surface area contributed by atoms with Crippen molar-refractivity contribution in [3.8, 4) is 0 Å². The van der Waals surface area contributed by atoms with Gasteiger partial charge in [0.25, 0.3) is 0 Å². The molecule has 2 atom stereocenters. The van der Waals surface area contributed by atoms with Gasteiger partial charge in [0, 0.05) is 38.9 Å². The second-order valence-electron chi connectivity index (χ2n) is 8.08. The molecule has 1 aromatic rings. The molecule has 0 saturated carbocycles. The number of likely N-dealkylation sites (tertiary alicyclic amines) is 1. The maximum absolute atomic E-state index is 12.9. The van der Waals surface area contributed by atoms with Crippen molar-refractivity contribution in [2.45, 2.75) is 50.0 Å². The largest absolute Gasteiger partial charge is 0.383 e. The van der Waals surface area contributed by atoms with Gasteiger partial charge in [0.15, 0.2) is 0 Å². The van der Waals surface area contributed by atoms with Gasteiger partial charge in [-0.25, -0.2) is 8.42 Å². The van der Waals surface area contributed by atoms with E-state index in [4.69, 9.17) is 4.74 Å². The van der Waals surface area contributed by atoms with Gasteiger partial charge in [0.2, 0.25) is 21.8 Å². The van der Waals surface area contributed by atoms with Gasteiger partial charge in [-0.3, -0.25) is 9.59 Å². The molecule has 2 saturated heterocycles. The van der Waals surface area contributed by atoms with Gasteiger partial charge in [-0.1, -0.05) is 12.8 Å². The van der Waals surface area contributed by atoms with Gasteiger partial charge in [0.05, 0.1) is 23.5 Å². The Kier molecular flexibility index (Phi) is 7.49. The zero-order valence-electron chi connectivity index (χ0n) is 17.7. The van der Waals surface area contributed by atoms with Gasteiger partial charge >= 0.3 is 0 Å². The lowest BCUT2D eigenvalue weighted by molar-refractivity contribution is -0.130. The molecule has 8 nitrogen and oxygen atoms in total. The maximum Gasteiger partial charge on any atom is 0.243 e. The Morgan fingerprint density at radius 2 is 1.80 bits per heavy atom. The number of ether oxygens (including phenoxy) is 1. The Hall–Kier alpha value is -1.97. The number of benzene rings is 1. The molecule has 1 N–H and O–H groups in total. The molecule has 166 valence electrons. The number of sulfonamides is 1. The molecule has 3 rings (SSSR count). The summed E-state index contributed by atoms with van der Waals surface area (Å²) in [5.74, 6) is -0.727. The Morgan fingerprint density at radius 1 is 1.17 bits per heavy atom. The van der Waals surface area contributed by atoms with Crippen LogP contribution in [0.1, 0.15) is 39.0 Å². The molecule has 0 aliphatic carbocycles. The van der Waals surface area contributed by atoms with E-state index in [1.807, 2.05) is 6.92 Å². The Balaban J connectivity index is 1.61. The van der Waals surface area contributed by atoms with Gasteiger partial charge in [-0.05, 0) is 44.0 Å². The Labute approximate surface area is 178 Å². The predicted molar refractivity (Wildman–Crippen MR) is 113 cm³/mol. The summed E-state index contributed by atoms with van der Waals surface area (Å²) < 4.78 is 32.4. The van der Waals surface area contributed by atoms with Crippen LogP contribution in [0.25, 0.3) is 0 Å². The molecule has 9 heteroatoms. The first-order valence-corrected chi connectivity index (χ1v) is 12.0. The minimum absolute atomic E-state index is 0.0569. The smallest absolute Gasteiger partial charge is 0.243 e. The fraction of sp³-hybridized carbons (Fsp3) is 0.619. The van der Waals surface area contributed by atoms with Crippen LogP contribution in [0.4, 0.5) is 5.69 Å². The summed E-state index contributed by atoms with van der Waals surface area (Å²) in [4.78, 5) is 26.7. The van der Waals surface area contributed by atoms with E-state index in [0.717, 1.165) is 25.7 Å². The first-order valence-electron chi connectivity index (χ1n) is 10.5. The lowest BCUT2D eigenvalue weighted by atomic mass is 10.1. The van der Waals surface area contributed by atoms with E-state index < -0.39 is 15.9 Å². The normalized spacial score (nSPS) is 22.0. The zero-order chi connectivity index (χ0) is 21.7. The van der Waals surface area contributed by atoms with Crippen LogP contribution in [0.3, 0.4) is 0 Å². The third-order valence-corrected chi connectivity index (χ3v) is 7.71. The molecule has 0 unspecified atom stereocenters. The van der Waals surface area contributed by atoms with Crippen molar-refractivity contribution >= 4 is 27.5 Å². The second kappa shape index (κ2) is 9.89. The minimum Gasteiger partial charge on any atom is -0.383 e. The summed E-state index contributed by atoms with van der Waals surface area (Å²) in [5.41, 5.74) is 0.519. The number of methoxy groups -OCH3 is 1. The van der Waals surface area contributed by atoms with Crippen molar-refractivity contribution in [1.29, 1.82) is 0 Å². The van der Waals surface area contributed by atoms with Crippen molar-refractivity contribution < 1.29 is 22.7 Å². The van der Waals surface area contributed by atoms with Gasteiger partial charge in [0.1, 0.15) is 0 Å². The highest BCUT2D eigenvalue weighted by molar-refractivity contribution is 7.89. The summed E-state index contributed by atoms with van der Waals surface area (Å²) in [5, 5.41) is 2.81. The van der Waals surface area contributed by atoms with E-state index in [0.29, 0.717) is 31.9 Å². The van der Waals surface area contributed by atoms with Crippen LogP contribution in [0.15, 0.2) is 29.2 Å². The summed E-state index contributed by atoms with van der Waals surface area (Å²) in [6, 6.07) is 6.18. The third-order valence-electron chi connectivity index (χ3n) is 5.79. The first-order chi connectivity index (χ1) is 14.3. The van der Waals surface area contributed by atoms with Crippen LogP contribution in [0.5, 0.6) is 0 Å². The number of nitrogens with one attached hydrogen (secondary N) is 1. The SMILES string of the molecule is COC[C@H](C)N1C[C@H](C(=O)Nc2ccc(S(=O)(=O)N3CCCCCC3)cc2)CC1=O. The lowest BCUT2D eigenvalue weighted by Crippen LogP contribution is -2.38. The Bertz CT molecular complexity index is 848. The molecule has 0 radical (unpaired) electrons. The van der Waals surface area contributed by atoms with Gasteiger partial charge in [-0.2, -0.15) is 4.31 Å². The third kappa shape index (κ3) is 5.19. The molecular weight excluding hydrogens is 406 g/mol. The number of anilines is 1. The molecule has 30 heavy (non-hydrogen) atoms. The van der Waals surface area contributed by atoms with Crippen LogP contribution < -0.4 is 5.32 Å². The van der Waals surface area contributed by atoms with E-state index in [2.05, 4.69) is 5.32 Å². The number of amides is 2. The van der Waals surface area contributed by atoms with Crippen LogP contribution in [0.2, 0.25) is 0 Å². The van der Waals surface area contributed by atoms with Crippen LogP contribution in [-0.2, 0) is 24.3 Å². The average molecular weight is 438 g/mol. The van der Waals surface area contributed by atoms with E-state index in [1.165, 1.54) is 12.1 Å². The van der Waals surface area contributed by atoms with Crippen LogP contribution in [-0.4, -0.2) is 68.8 Å². The van der Waals surface area contributed by atoms with Crippen LogP contribution >= 0.6 is 0 Å². The van der Waals surface area contributed by atoms with E-state index in [1.54, 1.807) is 28.4 Å². The molecule has 0 spiro atoms. The van der Waals surface area contributed by atoms with Crippen molar-refractivity contribution in [2.75, 3.05) is 38.7 Å². The molecule has 2 amide bonds. The predicted octanol–water partition coefficient (Wildman–Crippen LogP) is 2.07. The molecule has 0 bridgehead atoms. The highest BCUT2D eigenvalue weighted by Crippen LogP contribution is 2.24. The van der Waals surface area contributed by atoms with Crippen molar-refractivity contribution in [3.63, 3.8) is 0 Å². The number of nitrogens with zero attached hydrogens (tertiary/aromatic N) is 2. The Morgan fingerprint density at radius 3 is 2.40 bits per heavy atom. The molecule has 2 heterocycles. The number of hydrogen-bond acceptors (Lipinski definition) is 5. The number of carbonyl (C=O) groups excluding carboxylic acids is 2. The van der Waals surface area contributed by atoms with Crippen molar-refractivity contribution in [1.82, 2.24) is 9.21 Å². The van der Waals surface area contributed by atoms with E-state index in [-0.39, 0.29) is 29.2 Å². The lowest BCUT2D eigenvalue weighted by Gasteiger charge is -2.23. The fourth-order valence-corrected chi connectivity index (χ4v) is 5.57. The number of carbonyl (C=O) groups is 2. The summed E-state index contributed by atoms with van der Waals surface area (Å²) in [6.45, 7) is 3.78. The molecular formula is C21H31N3O5S. The zero-order valence-corrected chi connectivity index (χ0v) is 18.5. The quantitative estimate of drug-likeness (QED) is 0.705. The summed E-state index contributed by atoms with van der Waals surface area (Å²) in [7, 11) is -1.94. The van der Waals surface area contributed by atoms with Crippen molar-refractivity contribution in [2.24, 2.45) is 5.92 Å². The second-order valence-corrected chi connectivity index (χ2v) is 10.0. The van der Waals surface area contributed by atoms with E-state index >= 15 is 0 Å². The van der Waals surface area contributed by atoms with Gasteiger partial charge < -0.3 is 15.0 Å². The average Bonchev–Trinajstić information content (AvgIpc) is 2.92. The maximum atomic E-state index is 12.9. The van der Waals surface area contributed by atoms with Crippen LogP contribution in [0, 0.1) is 5.92 Å². The molecule has 2 aliphatic rings. The summed E-state index contributed by atoms with van der Waals surface area (Å²) in [6.07, 6.45) is 4.05.